The van der Waals surface area contributed by atoms with Gasteiger partial charge in [-0.2, -0.15) is 0 Å². The van der Waals surface area contributed by atoms with Crippen LogP contribution in [0.4, 0.5) is 0 Å². The maximum atomic E-state index is 2.50. The van der Waals surface area contributed by atoms with Crippen molar-refractivity contribution in [3.63, 3.8) is 0 Å². The standard InChI is InChI=1S/C27H37P/c1(4-13-23-14-10-11-15-23)5-16-24-17-12-22-27(24)28(25-18-6-2-7-19-25)26-20-8-3-9-21-26/h5,10-12,14-17,22,25-26H,1-4,6-9,13,18-21H2/b16-5-. The number of hydrogen-bond acceptors (Lipinski definition) is 0. The first-order valence-corrected chi connectivity index (χ1v) is 13.3. The fraction of sp³-hybridized carbons (Fsp3) is 0.556. The van der Waals surface area contributed by atoms with E-state index in [-0.39, 0.29) is 7.92 Å². The van der Waals surface area contributed by atoms with E-state index in [2.05, 4.69) is 57.1 Å². The number of unbranched alkanes of at least 4 members (excludes halogenated alkanes) is 1. The molecule has 0 N–H and O–H groups in total. The third kappa shape index (κ3) is 5.86. The van der Waals surface area contributed by atoms with Crippen molar-refractivity contribution in [1.82, 2.24) is 0 Å². The van der Waals surface area contributed by atoms with Crippen LogP contribution in [0.3, 0.4) is 0 Å². The van der Waals surface area contributed by atoms with Crippen LogP contribution in [0, 0.1) is 62.4 Å². The van der Waals surface area contributed by atoms with Crippen LogP contribution in [-0.2, 0) is 0 Å². The molecule has 0 aromatic carbocycles. The molecule has 28 heavy (non-hydrogen) atoms. The Morgan fingerprint density at radius 1 is 0.750 bits per heavy atom. The minimum atomic E-state index is 0.0188. The predicted octanol–water partition coefficient (Wildman–Crippen LogP) is 8.00. The first kappa shape index (κ1) is 21.4. The summed E-state index contributed by atoms with van der Waals surface area (Å²) in [5.41, 5.74) is 3.75. The fourth-order valence-electron chi connectivity index (χ4n) is 5.43. The van der Waals surface area contributed by atoms with Crippen molar-refractivity contribution < 1.29 is 0 Å². The Balaban J connectivity index is 1.33. The van der Waals surface area contributed by atoms with E-state index in [0.29, 0.717) is 0 Å². The van der Waals surface area contributed by atoms with E-state index in [9.17, 15) is 0 Å². The molecule has 4 fully saturated rings. The van der Waals surface area contributed by atoms with Crippen molar-refractivity contribution in [2.75, 3.05) is 0 Å². The van der Waals surface area contributed by atoms with Crippen LogP contribution in [0.15, 0.2) is 12.2 Å². The summed E-state index contributed by atoms with van der Waals surface area (Å²) in [6.45, 7) is 0. The molecule has 4 rings (SSSR count). The summed E-state index contributed by atoms with van der Waals surface area (Å²) in [5.74, 6) is 3.04. The second-order valence-electron chi connectivity index (χ2n) is 8.95. The van der Waals surface area contributed by atoms with Gasteiger partial charge in [0, 0.05) is 11.6 Å². The van der Waals surface area contributed by atoms with Gasteiger partial charge in [0.15, 0.2) is 0 Å². The van der Waals surface area contributed by atoms with Crippen LogP contribution in [-0.4, -0.2) is 11.3 Å². The number of allylic oxidation sites excluding steroid dienone is 2. The predicted molar refractivity (Wildman–Crippen MR) is 123 cm³/mol. The van der Waals surface area contributed by atoms with Crippen LogP contribution < -0.4 is 0 Å². The monoisotopic (exact) mass is 392 g/mol. The number of hydrogen-bond donors (Lipinski definition) is 0. The van der Waals surface area contributed by atoms with Crippen molar-refractivity contribution in [3.05, 3.63) is 74.6 Å². The second kappa shape index (κ2) is 11.5. The zero-order valence-electron chi connectivity index (χ0n) is 17.5. The lowest BCUT2D eigenvalue weighted by Gasteiger charge is -2.43. The summed E-state index contributed by atoms with van der Waals surface area (Å²) in [5, 5.41) is 0. The fourth-order valence-corrected chi connectivity index (χ4v) is 9.36. The van der Waals surface area contributed by atoms with E-state index in [1.165, 1.54) is 89.4 Å². The highest BCUT2D eigenvalue weighted by Crippen LogP contribution is 2.67. The van der Waals surface area contributed by atoms with E-state index < -0.39 is 0 Å². The molecule has 1 heteroatoms. The van der Waals surface area contributed by atoms with Crippen molar-refractivity contribution in [1.29, 1.82) is 0 Å². The normalized spacial score (nSPS) is 27.6. The molecule has 0 heterocycles. The smallest absolute Gasteiger partial charge is 0.0154 e. The van der Waals surface area contributed by atoms with E-state index in [1.54, 1.807) is 11.6 Å². The minimum absolute atomic E-state index is 0.0188. The highest BCUT2D eigenvalue weighted by Gasteiger charge is 2.41. The maximum Gasteiger partial charge on any atom is 0.0154 e. The first-order valence-electron chi connectivity index (χ1n) is 11.8. The Bertz CT molecular complexity index is 433. The van der Waals surface area contributed by atoms with Crippen molar-refractivity contribution >= 4 is 7.92 Å². The molecule has 0 nitrogen and oxygen atoms in total. The molecule has 0 aliphatic heterocycles. The molecule has 0 amide bonds. The lowest BCUT2D eigenvalue weighted by atomic mass is 9.99. The minimum Gasteiger partial charge on any atom is -0.0918 e. The zero-order valence-corrected chi connectivity index (χ0v) is 18.4. The topological polar surface area (TPSA) is 0 Å². The third-order valence-corrected chi connectivity index (χ3v) is 10.5. The molecule has 4 saturated carbocycles. The lowest BCUT2D eigenvalue weighted by Crippen LogP contribution is -2.24. The van der Waals surface area contributed by atoms with Gasteiger partial charge in [0.25, 0.3) is 0 Å². The van der Waals surface area contributed by atoms with Gasteiger partial charge in [-0.05, 0) is 107 Å². The highest BCUT2D eigenvalue weighted by atomic mass is 31.1. The molecule has 0 unspecified atom stereocenters. The second-order valence-corrected chi connectivity index (χ2v) is 11.7. The highest BCUT2D eigenvalue weighted by molar-refractivity contribution is 7.63. The molecule has 0 saturated heterocycles. The zero-order chi connectivity index (χ0) is 19.0. The molecule has 150 valence electrons. The molecule has 4 aliphatic rings. The molecule has 0 aromatic heterocycles. The van der Waals surface area contributed by atoms with Gasteiger partial charge >= 0.3 is 0 Å². The van der Waals surface area contributed by atoms with Crippen molar-refractivity contribution in [3.8, 4) is 0 Å². The van der Waals surface area contributed by atoms with E-state index in [0.717, 1.165) is 11.3 Å². The summed E-state index contributed by atoms with van der Waals surface area (Å²) in [7, 11) is 0.0188. The van der Waals surface area contributed by atoms with Gasteiger partial charge < -0.3 is 0 Å². The third-order valence-electron chi connectivity index (χ3n) is 6.91. The lowest BCUT2D eigenvalue weighted by molar-refractivity contribution is 0.485. The van der Waals surface area contributed by atoms with Crippen molar-refractivity contribution in [2.24, 2.45) is 0 Å². The summed E-state index contributed by atoms with van der Waals surface area (Å²) in [4.78, 5) is 0. The Kier molecular flexibility index (Phi) is 8.82. The van der Waals surface area contributed by atoms with E-state index in [1.807, 2.05) is 0 Å². The van der Waals surface area contributed by atoms with Crippen molar-refractivity contribution in [2.45, 2.75) is 94.8 Å². The Morgan fingerprint density at radius 3 is 2.04 bits per heavy atom. The van der Waals surface area contributed by atoms with Gasteiger partial charge in [-0.3, -0.25) is 0 Å². The van der Waals surface area contributed by atoms with Crippen LogP contribution in [0.25, 0.3) is 0 Å². The SMILES string of the molecule is [CH]1[CH][CH][C](CCC/C=C\[C]2[CH][CH][CH][C]2P(C2CCCCC2)C2CCCCC2)[CH]1. The van der Waals surface area contributed by atoms with Gasteiger partial charge in [0.05, 0.1) is 0 Å². The Labute approximate surface area is 177 Å². The van der Waals surface area contributed by atoms with Gasteiger partial charge in [0.1, 0.15) is 0 Å². The van der Waals surface area contributed by atoms with Crippen LogP contribution in [0.2, 0.25) is 0 Å². The molecule has 0 aromatic rings. The van der Waals surface area contributed by atoms with Crippen LogP contribution in [0.1, 0.15) is 83.5 Å². The molecular weight excluding hydrogens is 355 g/mol. The van der Waals surface area contributed by atoms with E-state index >= 15 is 0 Å². The Morgan fingerprint density at radius 2 is 1.39 bits per heavy atom. The van der Waals surface area contributed by atoms with Gasteiger partial charge in [-0.15, -0.1) is 0 Å². The Hall–Kier alpha value is 0.170. The van der Waals surface area contributed by atoms with Gasteiger partial charge in [-0.25, -0.2) is 0 Å². The molecule has 0 bridgehead atoms. The molecular formula is C27H37P. The molecule has 10 radical (unpaired) electrons. The first-order chi connectivity index (χ1) is 13.9. The molecule has 0 spiro atoms. The number of rotatable bonds is 8. The quantitative estimate of drug-likeness (QED) is 0.290. The summed E-state index contributed by atoms with van der Waals surface area (Å²) < 4.78 is 0. The average Bonchev–Trinajstić information content (AvgIpc) is 3.42. The van der Waals surface area contributed by atoms with Gasteiger partial charge in [-0.1, -0.05) is 58.6 Å². The largest absolute Gasteiger partial charge is 0.0918 e. The maximum absolute atomic E-state index is 2.50. The summed E-state index contributed by atoms with van der Waals surface area (Å²) in [6, 6.07) is 0. The van der Waals surface area contributed by atoms with E-state index in [4.69, 9.17) is 0 Å². The molecule has 0 atom stereocenters. The van der Waals surface area contributed by atoms with Crippen LogP contribution in [0.5, 0.6) is 0 Å². The van der Waals surface area contributed by atoms with Crippen LogP contribution >= 0.6 is 7.92 Å². The summed E-state index contributed by atoms with van der Waals surface area (Å²) in [6.07, 6.45) is 39.4. The molecule has 4 aliphatic carbocycles. The summed E-state index contributed by atoms with van der Waals surface area (Å²) >= 11 is 0. The van der Waals surface area contributed by atoms with Gasteiger partial charge in [0.2, 0.25) is 0 Å². The average molecular weight is 393 g/mol.